The van der Waals surface area contributed by atoms with Gasteiger partial charge in [0.1, 0.15) is 0 Å². The van der Waals surface area contributed by atoms with Crippen LogP contribution in [0.4, 0.5) is 0 Å². The number of likely N-dealkylation sites (tertiary alicyclic amines) is 1. The Morgan fingerprint density at radius 2 is 0.961 bits per heavy atom. The molecule has 4 fully saturated rings. The fourth-order valence-corrected chi connectivity index (χ4v) is 9.27. The van der Waals surface area contributed by atoms with Crippen molar-refractivity contribution in [2.45, 2.75) is 166 Å². The molecule has 276 valence electrons. The summed E-state index contributed by atoms with van der Waals surface area (Å²) in [6.07, 6.45) is 18.6. The lowest BCUT2D eigenvalue weighted by Gasteiger charge is -2.29. The third kappa shape index (κ3) is 9.13. The summed E-state index contributed by atoms with van der Waals surface area (Å²) in [4.78, 5) is 55.8. The first-order chi connectivity index (χ1) is 24.9. The predicted molar refractivity (Wildman–Crippen MR) is 198 cm³/mol. The molecule has 51 heavy (non-hydrogen) atoms. The zero-order valence-electron chi connectivity index (χ0n) is 31.0. The van der Waals surface area contributed by atoms with Crippen molar-refractivity contribution in [2.24, 2.45) is 11.8 Å². The highest BCUT2D eigenvalue weighted by molar-refractivity contribution is 6.10. The molecule has 2 aromatic carbocycles. The zero-order valence-corrected chi connectivity index (χ0v) is 31.0. The Kier molecular flexibility index (Phi) is 13.0. The minimum absolute atomic E-state index is 0.281. The van der Waals surface area contributed by atoms with E-state index in [1.807, 2.05) is 24.3 Å². The number of carbonyl (C=O) groups is 4. The van der Waals surface area contributed by atoms with Crippen LogP contribution in [0, 0.1) is 11.8 Å². The van der Waals surface area contributed by atoms with Gasteiger partial charge < -0.3 is 9.47 Å². The van der Waals surface area contributed by atoms with Gasteiger partial charge in [0.05, 0.1) is 11.1 Å². The summed E-state index contributed by atoms with van der Waals surface area (Å²) in [6, 6.07) is 14.7. The molecule has 3 aliphatic carbocycles. The second-order valence-electron chi connectivity index (χ2n) is 16.0. The lowest BCUT2D eigenvalue weighted by atomic mass is 9.77. The van der Waals surface area contributed by atoms with E-state index in [9.17, 15) is 19.2 Å². The van der Waals surface area contributed by atoms with Crippen LogP contribution in [0.15, 0.2) is 48.5 Å². The number of carbonyl (C=O) groups excluding carboxylic acids is 4. The first kappa shape index (κ1) is 37.3. The molecular formula is C44H59NO6. The molecule has 7 nitrogen and oxygen atoms in total. The number of hydrogen-bond donors (Lipinski definition) is 0. The molecule has 0 spiro atoms. The topological polar surface area (TPSA) is 90.0 Å². The second kappa shape index (κ2) is 17.8. The van der Waals surface area contributed by atoms with Gasteiger partial charge in [-0.3, -0.25) is 14.5 Å². The van der Waals surface area contributed by atoms with Crippen molar-refractivity contribution in [1.29, 1.82) is 0 Å². The van der Waals surface area contributed by atoms with Crippen molar-refractivity contribution in [2.75, 3.05) is 0 Å². The molecule has 1 saturated heterocycles. The standard InChI is InChI=1S/C44H59NO6/c1-3-5-10-30-14-18-32(19-15-30)34-22-26-36(27-23-34)43(48)50-39-40(42(47)45(41(39)46)38-12-8-7-9-13-38)51-44(49)37-28-24-35(25-29-37)33-20-16-31(17-21-33)11-6-4-2/h22-33,38-40H,3-21H2,1-2H3/t30?,31?,32?,33?,39-,40-/m1/s1. The van der Waals surface area contributed by atoms with Gasteiger partial charge in [-0.15, -0.1) is 0 Å². The molecule has 1 aliphatic heterocycles. The highest BCUT2D eigenvalue weighted by Gasteiger charge is 2.55. The lowest BCUT2D eigenvalue weighted by molar-refractivity contribution is -0.145. The maximum Gasteiger partial charge on any atom is 0.339 e. The van der Waals surface area contributed by atoms with E-state index in [-0.39, 0.29) is 6.04 Å². The van der Waals surface area contributed by atoms with Gasteiger partial charge in [0.25, 0.3) is 11.8 Å². The van der Waals surface area contributed by atoms with E-state index in [1.165, 1.54) is 80.2 Å². The molecule has 0 radical (unpaired) electrons. The quantitative estimate of drug-likeness (QED) is 0.153. The number of esters is 2. The summed E-state index contributed by atoms with van der Waals surface area (Å²) in [7, 11) is 0. The average Bonchev–Trinajstić information content (AvgIpc) is 3.40. The van der Waals surface area contributed by atoms with Gasteiger partial charge in [0.2, 0.25) is 12.2 Å². The summed E-state index contributed by atoms with van der Waals surface area (Å²) in [5, 5.41) is 0. The van der Waals surface area contributed by atoms with Crippen LogP contribution in [0.2, 0.25) is 0 Å². The van der Waals surface area contributed by atoms with Crippen LogP contribution in [0.5, 0.6) is 0 Å². The number of ether oxygens (including phenoxy) is 2. The Morgan fingerprint density at radius 1 is 0.569 bits per heavy atom. The van der Waals surface area contributed by atoms with E-state index in [0.717, 1.165) is 56.8 Å². The third-order valence-electron chi connectivity index (χ3n) is 12.5. The van der Waals surface area contributed by atoms with Crippen LogP contribution in [0.1, 0.15) is 180 Å². The Bertz CT molecular complexity index is 1360. The Hall–Kier alpha value is -3.48. The van der Waals surface area contributed by atoms with Gasteiger partial charge in [0, 0.05) is 6.04 Å². The largest absolute Gasteiger partial charge is 0.444 e. The fraction of sp³-hybridized carbons (Fsp3) is 0.636. The van der Waals surface area contributed by atoms with Gasteiger partial charge in [0.15, 0.2) is 0 Å². The summed E-state index contributed by atoms with van der Waals surface area (Å²) in [5.41, 5.74) is 3.06. The normalized spacial score (nSPS) is 27.4. The maximum atomic E-state index is 13.8. The zero-order chi connectivity index (χ0) is 35.7. The minimum Gasteiger partial charge on any atom is -0.444 e. The molecule has 0 aromatic heterocycles. The maximum absolute atomic E-state index is 13.8. The average molecular weight is 698 g/mol. The first-order valence-corrected chi connectivity index (χ1v) is 20.3. The molecule has 7 heteroatoms. The van der Waals surface area contributed by atoms with Crippen molar-refractivity contribution >= 4 is 23.8 Å². The Morgan fingerprint density at radius 3 is 1.33 bits per heavy atom. The van der Waals surface area contributed by atoms with E-state index in [2.05, 4.69) is 13.8 Å². The predicted octanol–water partition coefficient (Wildman–Crippen LogP) is 10.1. The molecular weight excluding hydrogens is 638 g/mol. The molecule has 2 aromatic rings. The molecule has 1 heterocycles. The molecule has 0 N–H and O–H groups in total. The van der Waals surface area contributed by atoms with E-state index in [0.29, 0.717) is 35.8 Å². The van der Waals surface area contributed by atoms with E-state index >= 15 is 0 Å². The lowest BCUT2D eigenvalue weighted by Crippen LogP contribution is -2.43. The molecule has 2 atom stereocenters. The van der Waals surface area contributed by atoms with Crippen molar-refractivity contribution in [3.8, 4) is 0 Å². The highest BCUT2D eigenvalue weighted by Crippen LogP contribution is 2.39. The molecule has 3 saturated carbocycles. The second-order valence-corrected chi connectivity index (χ2v) is 16.0. The van der Waals surface area contributed by atoms with Crippen molar-refractivity contribution < 1.29 is 28.7 Å². The van der Waals surface area contributed by atoms with Crippen molar-refractivity contribution in [3.05, 3.63) is 70.8 Å². The Labute approximate surface area is 305 Å². The molecule has 6 rings (SSSR count). The SMILES string of the molecule is CCCCC1CCC(c2ccc(C(=O)O[C@H]3C(=O)N(C4CCCCC4)C(=O)[C@@H]3OC(=O)c3ccc(C4CCC(CCCC)CC4)cc3)cc2)CC1. The monoisotopic (exact) mass is 697 g/mol. The minimum atomic E-state index is -1.52. The number of benzene rings is 2. The molecule has 4 aliphatic rings. The van der Waals surface area contributed by atoms with Crippen LogP contribution in [0.3, 0.4) is 0 Å². The van der Waals surface area contributed by atoms with Gasteiger partial charge in [-0.2, -0.15) is 0 Å². The van der Waals surface area contributed by atoms with Crippen LogP contribution in [-0.4, -0.2) is 46.9 Å². The highest BCUT2D eigenvalue weighted by atomic mass is 16.6. The number of amides is 2. The fourth-order valence-electron chi connectivity index (χ4n) is 9.27. The van der Waals surface area contributed by atoms with Crippen molar-refractivity contribution in [1.82, 2.24) is 4.90 Å². The van der Waals surface area contributed by atoms with Crippen LogP contribution in [-0.2, 0) is 19.1 Å². The summed E-state index contributed by atoms with van der Waals surface area (Å²) in [5.74, 6) is 0.0125. The van der Waals surface area contributed by atoms with Gasteiger partial charge in [-0.25, -0.2) is 9.59 Å². The smallest absolute Gasteiger partial charge is 0.339 e. The van der Waals surface area contributed by atoms with E-state index in [1.54, 1.807) is 24.3 Å². The van der Waals surface area contributed by atoms with Crippen LogP contribution < -0.4 is 0 Å². The molecule has 0 unspecified atom stereocenters. The molecule has 0 bridgehead atoms. The van der Waals surface area contributed by atoms with Gasteiger partial charge in [-0.05, 0) is 123 Å². The first-order valence-electron chi connectivity index (χ1n) is 20.3. The number of hydrogen-bond acceptors (Lipinski definition) is 6. The van der Waals surface area contributed by atoms with Crippen LogP contribution >= 0.6 is 0 Å². The number of unbranched alkanes of at least 4 members (excludes halogenated alkanes) is 2. The molecule has 2 amide bonds. The summed E-state index contributed by atoms with van der Waals surface area (Å²) in [6.45, 7) is 4.49. The van der Waals surface area contributed by atoms with Crippen LogP contribution in [0.25, 0.3) is 0 Å². The van der Waals surface area contributed by atoms with E-state index < -0.39 is 36.0 Å². The summed E-state index contributed by atoms with van der Waals surface area (Å²) < 4.78 is 11.6. The Balaban J connectivity index is 1.11. The number of rotatable bonds is 13. The summed E-state index contributed by atoms with van der Waals surface area (Å²) >= 11 is 0. The van der Waals surface area contributed by atoms with E-state index in [4.69, 9.17) is 9.47 Å². The number of imide groups is 1. The third-order valence-corrected chi connectivity index (χ3v) is 12.5. The van der Waals surface area contributed by atoms with Gasteiger partial charge in [-0.1, -0.05) is 95.9 Å². The van der Waals surface area contributed by atoms with Gasteiger partial charge >= 0.3 is 11.9 Å². The van der Waals surface area contributed by atoms with Crippen molar-refractivity contribution in [3.63, 3.8) is 0 Å². The number of nitrogens with zero attached hydrogens (tertiary/aromatic N) is 1.